The lowest BCUT2D eigenvalue weighted by Gasteiger charge is -2.33. The highest BCUT2D eigenvalue weighted by Gasteiger charge is 2.33. The van der Waals surface area contributed by atoms with E-state index in [0.717, 1.165) is 5.56 Å². The molecule has 27 heavy (non-hydrogen) atoms. The Hall–Kier alpha value is -3.35. The lowest BCUT2D eigenvalue weighted by Crippen LogP contribution is -2.49. The zero-order valence-corrected chi connectivity index (χ0v) is 15.0. The maximum absolute atomic E-state index is 12.5. The number of ether oxygens (including phenoxy) is 1. The minimum Gasteiger partial charge on any atom is -0.479 e. The summed E-state index contributed by atoms with van der Waals surface area (Å²) in [5.41, 5.74) is 1.24. The highest BCUT2D eigenvalue weighted by Crippen LogP contribution is 2.34. The summed E-state index contributed by atoms with van der Waals surface area (Å²) in [4.78, 5) is 37.6. The predicted octanol–water partition coefficient (Wildman–Crippen LogP) is 2.38. The quantitative estimate of drug-likeness (QED) is 0.845. The van der Waals surface area contributed by atoms with Gasteiger partial charge in [0, 0.05) is 0 Å². The molecule has 0 radical (unpaired) electrons. The van der Waals surface area contributed by atoms with Gasteiger partial charge in [-0.1, -0.05) is 30.3 Å². The summed E-state index contributed by atoms with van der Waals surface area (Å²) in [5.74, 6) is -1.49. The molecule has 2 aromatic carbocycles. The van der Waals surface area contributed by atoms with Gasteiger partial charge in [-0.05, 0) is 37.6 Å². The molecule has 7 heteroatoms. The van der Waals surface area contributed by atoms with Crippen molar-refractivity contribution in [1.82, 2.24) is 5.32 Å². The van der Waals surface area contributed by atoms with Crippen molar-refractivity contribution in [3.05, 3.63) is 59.7 Å². The fourth-order valence-corrected chi connectivity index (χ4v) is 2.96. The first kappa shape index (κ1) is 18.4. The molecule has 1 aliphatic heterocycles. The molecule has 0 aromatic heterocycles. The Labute approximate surface area is 156 Å². The van der Waals surface area contributed by atoms with E-state index in [9.17, 15) is 19.5 Å². The predicted molar refractivity (Wildman–Crippen MR) is 98.8 cm³/mol. The number of benzene rings is 2. The second kappa shape index (κ2) is 7.49. The van der Waals surface area contributed by atoms with Crippen molar-refractivity contribution in [3.8, 4) is 5.75 Å². The van der Waals surface area contributed by atoms with E-state index in [-0.39, 0.29) is 29.7 Å². The van der Waals surface area contributed by atoms with Gasteiger partial charge in [-0.2, -0.15) is 0 Å². The number of nitrogens with one attached hydrogen (secondary N) is 1. The van der Waals surface area contributed by atoms with Crippen molar-refractivity contribution < 1.29 is 24.2 Å². The Bertz CT molecular complexity index is 881. The molecule has 2 N–H and O–H groups in total. The van der Waals surface area contributed by atoms with Crippen molar-refractivity contribution in [2.45, 2.75) is 26.0 Å². The first-order valence-corrected chi connectivity index (χ1v) is 8.56. The second-order valence-corrected chi connectivity index (χ2v) is 6.37. The Balaban J connectivity index is 1.81. The number of hydrogen-bond acceptors (Lipinski definition) is 4. The lowest BCUT2D eigenvalue weighted by atomic mass is 10.1. The number of nitrogens with zero attached hydrogens (tertiary/aromatic N) is 1. The summed E-state index contributed by atoms with van der Waals surface area (Å²) < 4.78 is 5.53. The first-order chi connectivity index (χ1) is 12.9. The van der Waals surface area contributed by atoms with Crippen molar-refractivity contribution in [3.63, 3.8) is 0 Å². The summed E-state index contributed by atoms with van der Waals surface area (Å²) in [6.07, 6.45) is -0.757. The van der Waals surface area contributed by atoms with E-state index in [1.54, 1.807) is 6.92 Å². The van der Waals surface area contributed by atoms with Gasteiger partial charge in [0.2, 0.25) is 5.91 Å². The topological polar surface area (TPSA) is 95.9 Å². The molecule has 0 aliphatic carbocycles. The zero-order valence-electron chi connectivity index (χ0n) is 15.0. The van der Waals surface area contributed by atoms with Gasteiger partial charge in [0.05, 0.1) is 17.3 Å². The highest BCUT2D eigenvalue weighted by atomic mass is 16.5. The number of carbonyl (C=O) groups is 3. The van der Waals surface area contributed by atoms with Gasteiger partial charge in [0.1, 0.15) is 12.3 Å². The number of carboxylic acid groups (broad SMARTS) is 1. The smallest absolute Gasteiger partial charge is 0.335 e. The molecule has 140 valence electrons. The van der Waals surface area contributed by atoms with Gasteiger partial charge in [-0.25, -0.2) is 4.79 Å². The van der Waals surface area contributed by atoms with Crippen LogP contribution in [0.2, 0.25) is 0 Å². The molecule has 0 saturated heterocycles. The van der Waals surface area contributed by atoms with Gasteiger partial charge in [0.15, 0.2) is 6.10 Å². The van der Waals surface area contributed by atoms with Crippen LogP contribution in [0.5, 0.6) is 5.75 Å². The maximum Gasteiger partial charge on any atom is 0.335 e. The summed E-state index contributed by atoms with van der Waals surface area (Å²) in [5, 5.41) is 12.1. The van der Waals surface area contributed by atoms with Crippen LogP contribution in [0.3, 0.4) is 0 Å². The van der Waals surface area contributed by atoms with E-state index >= 15 is 0 Å². The van der Waals surface area contributed by atoms with Crippen LogP contribution in [0, 0.1) is 0 Å². The van der Waals surface area contributed by atoms with Crippen LogP contribution in [-0.2, 0) is 9.59 Å². The number of rotatable bonds is 5. The van der Waals surface area contributed by atoms with Crippen molar-refractivity contribution in [1.29, 1.82) is 0 Å². The molecular formula is C20H20N2O5. The van der Waals surface area contributed by atoms with Crippen LogP contribution in [0.4, 0.5) is 5.69 Å². The van der Waals surface area contributed by atoms with E-state index in [0.29, 0.717) is 5.75 Å². The average Bonchev–Trinajstić information content (AvgIpc) is 2.65. The van der Waals surface area contributed by atoms with Crippen molar-refractivity contribution >= 4 is 23.5 Å². The molecule has 2 amide bonds. The van der Waals surface area contributed by atoms with Crippen LogP contribution in [0.1, 0.15) is 35.8 Å². The molecule has 0 bridgehead atoms. The van der Waals surface area contributed by atoms with Crippen LogP contribution in [0.15, 0.2) is 48.5 Å². The van der Waals surface area contributed by atoms with Gasteiger partial charge < -0.3 is 15.2 Å². The molecule has 2 aromatic rings. The average molecular weight is 368 g/mol. The van der Waals surface area contributed by atoms with Gasteiger partial charge in [0.25, 0.3) is 5.91 Å². The van der Waals surface area contributed by atoms with Crippen LogP contribution >= 0.6 is 0 Å². The number of carbonyl (C=O) groups excluding carboxylic acids is 2. The number of anilines is 1. The van der Waals surface area contributed by atoms with E-state index in [1.165, 1.54) is 23.1 Å². The third kappa shape index (κ3) is 3.92. The summed E-state index contributed by atoms with van der Waals surface area (Å²) >= 11 is 0. The molecular weight excluding hydrogens is 348 g/mol. The molecule has 3 rings (SSSR count). The van der Waals surface area contributed by atoms with Gasteiger partial charge in [-0.15, -0.1) is 0 Å². The second-order valence-electron chi connectivity index (χ2n) is 6.37. The Kier molecular flexibility index (Phi) is 5.12. The van der Waals surface area contributed by atoms with Crippen LogP contribution < -0.4 is 15.0 Å². The molecule has 7 nitrogen and oxygen atoms in total. The third-order valence-electron chi connectivity index (χ3n) is 4.39. The molecule has 0 saturated carbocycles. The lowest BCUT2D eigenvalue weighted by molar-refractivity contribution is -0.128. The minimum absolute atomic E-state index is 0.0164. The Morgan fingerprint density at radius 1 is 1.22 bits per heavy atom. The third-order valence-corrected chi connectivity index (χ3v) is 4.39. The van der Waals surface area contributed by atoms with Gasteiger partial charge >= 0.3 is 5.97 Å². The van der Waals surface area contributed by atoms with E-state index in [1.807, 2.05) is 37.3 Å². The molecule has 2 atom stereocenters. The van der Waals surface area contributed by atoms with Crippen molar-refractivity contribution in [2.24, 2.45) is 0 Å². The largest absolute Gasteiger partial charge is 0.479 e. The maximum atomic E-state index is 12.5. The van der Waals surface area contributed by atoms with Crippen LogP contribution in [-0.4, -0.2) is 35.5 Å². The normalized spacial score (nSPS) is 16.9. The fourth-order valence-electron chi connectivity index (χ4n) is 2.96. The van der Waals surface area contributed by atoms with Crippen molar-refractivity contribution in [2.75, 3.05) is 11.4 Å². The Morgan fingerprint density at radius 2 is 1.93 bits per heavy atom. The number of hydrogen-bond donors (Lipinski definition) is 2. The van der Waals surface area contributed by atoms with E-state index < -0.39 is 18.0 Å². The monoisotopic (exact) mass is 368 g/mol. The Morgan fingerprint density at radius 3 is 2.59 bits per heavy atom. The number of aromatic carboxylic acids is 1. The summed E-state index contributed by atoms with van der Waals surface area (Å²) in [6, 6.07) is 13.5. The molecule has 1 heterocycles. The fraction of sp³-hybridized carbons (Fsp3) is 0.250. The molecule has 0 fully saturated rings. The SMILES string of the molecule is CC1Oc2ccc(C(=O)O)cc2N(CC(=O)NC(C)c2ccccc2)C1=O. The number of fused-ring (bicyclic) bond motifs is 1. The standard InChI is InChI=1S/C20H20N2O5/c1-12(14-6-4-3-5-7-14)21-18(23)11-22-16-10-15(20(25)26)8-9-17(16)27-13(2)19(22)24/h3-10,12-13H,11H2,1-2H3,(H,21,23)(H,25,26). The molecule has 1 aliphatic rings. The zero-order chi connectivity index (χ0) is 19.6. The molecule has 0 spiro atoms. The molecule has 2 unspecified atom stereocenters. The van der Waals surface area contributed by atoms with E-state index in [4.69, 9.17) is 4.74 Å². The minimum atomic E-state index is -1.12. The van der Waals surface area contributed by atoms with Gasteiger partial charge in [-0.3, -0.25) is 14.5 Å². The van der Waals surface area contributed by atoms with Crippen LogP contribution in [0.25, 0.3) is 0 Å². The summed E-state index contributed by atoms with van der Waals surface area (Å²) in [6.45, 7) is 3.22. The van der Waals surface area contributed by atoms with E-state index in [2.05, 4.69) is 5.32 Å². The first-order valence-electron chi connectivity index (χ1n) is 8.56. The number of amides is 2. The highest BCUT2D eigenvalue weighted by molar-refractivity contribution is 6.04. The summed E-state index contributed by atoms with van der Waals surface area (Å²) in [7, 11) is 0. The number of carboxylic acids is 1.